The minimum atomic E-state index is -1.52. The lowest BCUT2D eigenvalue weighted by Crippen LogP contribution is -2.55. The van der Waals surface area contributed by atoms with Crippen LogP contribution in [-0.2, 0) is 19.1 Å². The van der Waals surface area contributed by atoms with Crippen LogP contribution in [0.25, 0.3) is 11.1 Å². The number of carbonyl (C=O) groups is 3. The molecule has 1 unspecified atom stereocenters. The Labute approximate surface area is 187 Å². The number of amides is 1. The van der Waals surface area contributed by atoms with E-state index in [4.69, 9.17) is 9.47 Å². The molecule has 0 spiro atoms. The van der Waals surface area contributed by atoms with Gasteiger partial charge in [0.05, 0.1) is 5.41 Å². The van der Waals surface area contributed by atoms with Crippen LogP contribution in [0.1, 0.15) is 51.7 Å². The van der Waals surface area contributed by atoms with E-state index in [0.29, 0.717) is 0 Å². The number of benzene rings is 2. The average molecular weight is 440 g/mol. The lowest BCUT2D eigenvalue weighted by Gasteiger charge is -2.32. The molecule has 2 N–H and O–H groups in total. The Morgan fingerprint density at radius 3 is 1.91 bits per heavy atom. The number of fused-ring (bicyclic) bond motifs is 3. The molecule has 170 valence electrons. The second-order valence-corrected chi connectivity index (χ2v) is 9.46. The van der Waals surface area contributed by atoms with Crippen molar-refractivity contribution in [2.24, 2.45) is 5.41 Å². The Bertz CT molecular complexity index is 991. The fraction of sp³-hybridized carbons (Fsp3) is 0.400. The van der Waals surface area contributed by atoms with E-state index in [2.05, 4.69) is 5.32 Å². The van der Waals surface area contributed by atoms with Crippen LogP contribution in [0, 0.1) is 5.41 Å². The number of hydrogen-bond acceptors (Lipinski definition) is 5. The second kappa shape index (κ2) is 8.65. The predicted octanol–water partition coefficient (Wildman–Crippen LogP) is 4.35. The first-order valence-corrected chi connectivity index (χ1v) is 10.5. The Hall–Kier alpha value is -3.35. The highest BCUT2D eigenvalue weighted by Crippen LogP contribution is 2.44. The van der Waals surface area contributed by atoms with Gasteiger partial charge < -0.3 is 19.9 Å². The monoisotopic (exact) mass is 439 g/mol. The highest BCUT2D eigenvalue weighted by molar-refractivity contribution is 5.89. The smallest absolute Gasteiger partial charge is 0.407 e. The zero-order valence-electron chi connectivity index (χ0n) is 19.0. The molecule has 1 aliphatic rings. The molecule has 7 nitrogen and oxygen atoms in total. The van der Waals surface area contributed by atoms with Crippen LogP contribution in [0.3, 0.4) is 0 Å². The van der Waals surface area contributed by atoms with Gasteiger partial charge in [0.1, 0.15) is 18.2 Å². The number of alkyl carbamates (subject to hydrolysis) is 1. The summed E-state index contributed by atoms with van der Waals surface area (Å²) < 4.78 is 10.8. The van der Waals surface area contributed by atoms with Crippen LogP contribution < -0.4 is 5.32 Å². The molecule has 0 saturated heterocycles. The van der Waals surface area contributed by atoms with Crippen molar-refractivity contribution >= 4 is 18.0 Å². The van der Waals surface area contributed by atoms with Gasteiger partial charge in [0.2, 0.25) is 0 Å². The molecule has 1 amide bonds. The minimum absolute atomic E-state index is 0.0407. The van der Waals surface area contributed by atoms with E-state index in [-0.39, 0.29) is 12.5 Å². The number of hydrogen-bond donors (Lipinski definition) is 2. The Morgan fingerprint density at radius 1 is 0.938 bits per heavy atom. The second-order valence-electron chi connectivity index (χ2n) is 9.46. The first-order chi connectivity index (χ1) is 14.9. The van der Waals surface area contributed by atoms with Crippen molar-refractivity contribution in [1.82, 2.24) is 5.32 Å². The number of carboxylic acids is 1. The lowest BCUT2D eigenvalue weighted by atomic mass is 9.84. The van der Waals surface area contributed by atoms with Gasteiger partial charge in [-0.1, -0.05) is 48.5 Å². The van der Waals surface area contributed by atoms with Crippen LogP contribution in [0.15, 0.2) is 48.5 Å². The topological polar surface area (TPSA) is 102 Å². The molecule has 7 heteroatoms. The number of esters is 1. The summed E-state index contributed by atoms with van der Waals surface area (Å²) in [5.74, 6) is -2.24. The van der Waals surface area contributed by atoms with Crippen LogP contribution >= 0.6 is 0 Å². The molecule has 1 atom stereocenters. The van der Waals surface area contributed by atoms with Crippen molar-refractivity contribution in [2.75, 3.05) is 6.61 Å². The van der Waals surface area contributed by atoms with Crippen molar-refractivity contribution in [3.05, 3.63) is 59.7 Å². The van der Waals surface area contributed by atoms with Crippen LogP contribution in [0.4, 0.5) is 4.79 Å². The molecule has 0 fully saturated rings. The van der Waals surface area contributed by atoms with Crippen LogP contribution in [0.2, 0.25) is 0 Å². The Balaban J connectivity index is 1.72. The zero-order chi connectivity index (χ0) is 23.7. The van der Waals surface area contributed by atoms with E-state index in [0.717, 1.165) is 22.3 Å². The molecule has 1 aliphatic carbocycles. The summed E-state index contributed by atoms with van der Waals surface area (Å²) in [5, 5.41) is 12.0. The molecule has 0 saturated carbocycles. The van der Waals surface area contributed by atoms with E-state index in [1.54, 1.807) is 20.8 Å². The molecule has 2 aromatic rings. The predicted molar refractivity (Wildman–Crippen MR) is 119 cm³/mol. The number of ether oxygens (including phenoxy) is 2. The number of nitrogens with one attached hydrogen (secondary N) is 1. The zero-order valence-corrected chi connectivity index (χ0v) is 19.0. The normalized spacial score (nSPS) is 14.2. The third-order valence-electron chi connectivity index (χ3n) is 5.50. The van der Waals surface area contributed by atoms with Gasteiger partial charge in [-0.25, -0.2) is 9.59 Å². The number of carbonyl (C=O) groups excluding carboxylic acids is 2. The Morgan fingerprint density at radius 2 is 1.44 bits per heavy atom. The summed E-state index contributed by atoms with van der Waals surface area (Å²) in [6.45, 7) is 7.95. The third kappa shape index (κ3) is 4.77. The summed E-state index contributed by atoms with van der Waals surface area (Å²) in [4.78, 5) is 37.0. The summed E-state index contributed by atoms with van der Waals surface area (Å²) in [6.07, 6.45) is -0.907. The van der Waals surface area contributed by atoms with E-state index in [9.17, 15) is 19.5 Å². The van der Waals surface area contributed by atoms with Crippen molar-refractivity contribution in [1.29, 1.82) is 0 Å². The molecule has 0 heterocycles. The fourth-order valence-corrected chi connectivity index (χ4v) is 3.84. The summed E-state index contributed by atoms with van der Waals surface area (Å²) in [7, 11) is 0. The number of aliphatic carboxylic acids is 1. The van der Waals surface area contributed by atoms with Gasteiger partial charge in [0.15, 0.2) is 0 Å². The van der Waals surface area contributed by atoms with Crippen molar-refractivity contribution in [3.8, 4) is 11.1 Å². The first-order valence-electron chi connectivity index (χ1n) is 10.5. The van der Waals surface area contributed by atoms with Crippen molar-refractivity contribution in [3.63, 3.8) is 0 Å². The van der Waals surface area contributed by atoms with E-state index < -0.39 is 35.1 Å². The summed E-state index contributed by atoms with van der Waals surface area (Å²) in [6, 6.07) is 14.3. The Kier molecular flexibility index (Phi) is 6.30. The number of carboxylic acid groups (broad SMARTS) is 1. The maximum atomic E-state index is 12.6. The van der Waals surface area contributed by atoms with Gasteiger partial charge in [0.25, 0.3) is 0 Å². The highest BCUT2D eigenvalue weighted by atomic mass is 16.6. The quantitative estimate of drug-likeness (QED) is 0.649. The molecule has 0 aromatic heterocycles. The van der Waals surface area contributed by atoms with E-state index in [1.165, 1.54) is 13.8 Å². The molecule has 2 aromatic carbocycles. The standard InChI is InChI=1S/C25H29NO6/c1-24(2,3)32-22(29)25(4,5)20(21(27)28)26-23(30)31-14-19-17-12-8-6-10-15(17)16-11-7-9-13-18(16)19/h6-13,19-20H,14H2,1-5H3,(H,26,30)(H,27,28). The first kappa shape index (κ1) is 23.3. The molecule has 32 heavy (non-hydrogen) atoms. The number of rotatable bonds is 6. The molecule has 0 radical (unpaired) electrons. The van der Waals surface area contributed by atoms with Gasteiger partial charge >= 0.3 is 18.0 Å². The molecule has 0 bridgehead atoms. The SMILES string of the molecule is CC(C)(C)OC(=O)C(C)(C)C(NC(=O)OCC1c2ccccc2-c2ccccc21)C(=O)O. The fourth-order valence-electron chi connectivity index (χ4n) is 3.84. The molecule has 0 aliphatic heterocycles. The van der Waals surface area contributed by atoms with Crippen LogP contribution in [0.5, 0.6) is 0 Å². The molecular weight excluding hydrogens is 410 g/mol. The van der Waals surface area contributed by atoms with E-state index in [1.807, 2.05) is 48.5 Å². The minimum Gasteiger partial charge on any atom is -0.480 e. The van der Waals surface area contributed by atoms with E-state index >= 15 is 0 Å². The third-order valence-corrected chi connectivity index (χ3v) is 5.50. The average Bonchev–Trinajstić information content (AvgIpc) is 3.02. The highest BCUT2D eigenvalue weighted by Gasteiger charge is 2.45. The van der Waals surface area contributed by atoms with Crippen molar-refractivity contribution < 1.29 is 29.0 Å². The van der Waals surface area contributed by atoms with Gasteiger partial charge in [-0.2, -0.15) is 0 Å². The van der Waals surface area contributed by atoms with Crippen LogP contribution in [-0.4, -0.2) is 41.4 Å². The van der Waals surface area contributed by atoms with Gasteiger partial charge in [0, 0.05) is 5.92 Å². The lowest BCUT2D eigenvalue weighted by molar-refractivity contribution is -0.171. The molecular formula is C25H29NO6. The summed E-state index contributed by atoms with van der Waals surface area (Å²) in [5.41, 5.74) is 1.97. The maximum Gasteiger partial charge on any atom is 0.407 e. The molecule has 3 rings (SSSR count). The van der Waals surface area contributed by atoms with Gasteiger partial charge in [-0.15, -0.1) is 0 Å². The van der Waals surface area contributed by atoms with Gasteiger partial charge in [-0.05, 0) is 56.9 Å². The summed E-state index contributed by atoms with van der Waals surface area (Å²) >= 11 is 0. The maximum absolute atomic E-state index is 12.6. The van der Waals surface area contributed by atoms with Crippen molar-refractivity contribution in [2.45, 2.75) is 52.2 Å². The largest absolute Gasteiger partial charge is 0.480 e. The van der Waals surface area contributed by atoms with Gasteiger partial charge in [-0.3, -0.25) is 4.79 Å².